The van der Waals surface area contributed by atoms with Crippen LogP contribution < -0.4 is 0 Å². The van der Waals surface area contributed by atoms with E-state index in [4.69, 9.17) is 5.26 Å². The van der Waals surface area contributed by atoms with Crippen LogP contribution in [0.3, 0.4) is 0 Å². The molecule has 4 unspecified atom stereocenters. The summed E-state index contributed by atoms with van der Waals surface area (Å²) >= 11 is 0. The summed E-state index contributed by atoms with van der Waals surface area (Å²) in [6.45, 7) is 3.89. The lowest BCUT2D eigenvalue weighted by atomic mass is 9.60. The summed E-state index contributed by atoms with van der Waals surface area (Å²) in [5.41, 5.74) is 1.26. The predicted octanol–water partition coefficient (Wildman–Crippen LogP) is 7.77. The van der Waals surface area contributed by atoms with E-state index in [1.54, 1.807) is 12.1 Å². The molecule has 156 valence electrons. The van der Waals surface area contributed by atoms with Gasteiger partial charge in [-0.1, -0.05) is 18.6 Å². The molecule has 0 radical (unpaired) electrons. The number of allylic oxidation sites excluding steroid dienone is 1. The minimum atomic E-state index is -0.353. The second kappa shape index (κ2) is 9.46. The van der Waals surface area contributed by atoms with E-state index >= 15 is 0 Å². The van der Waals surface area contributed by atoms with Crippen LogP contribution in [0.4, 0.5) is 4.39 Å². The van der Waals surface area contributed by atoms with E-state index in [0.29, 0.717) is 5.92 Å². The summed E-state index contributed by atoms with van der Waals surface area (Å²) in [5.74, 6) is 4.87. The Labute approximate surface area is 176 Å². The summed E-state index contributed by atoms with van der Waals surface area (Å²) in [5, 5.41) is 8.94. The highest BCUT2D eigenvalue weighted by Gasteiger charge is 2.38. The molecule has 0 aromatic heterocycles. The number of nitriles is 1. The summed E-state index contributed by atoms with van der Waals surface area (Å²) in [6.07, 6.45) is 18.4. The van der Waals surface area contributed by atoms with Gasteiger partial charge in [0.1, 0.15) is 11.9 Å². The van der Waals surface area contributed by atoms with Crippen LogP contribution in [0, 0.1) is 46.7 Å². The molecule has 0 amide bonds. The molecular formula is C27H36FN. The maximum Gasteiger partial charge on any atom is 0.141 e. The average molecular weight is 394 g/mol. The highest BCUT2D eigenvalue weighted by Crippen LogP contribution is 2.50. The van der Waals surface area contributed by atoms with Crippen molar-refractivity contribution in [1.29, 1.82) is 5.26 Å². The van der Waals surface area contributed by atoms with Crippen LogP contribution in [0.15, 0.2) is 30.9 Å². The first kappa shape index (κ1) is 20.6. The third-order valence-electron chi connectivity index (χ3n) is 8.56. The van der Waals surface area contributed by atoms with Crippen LogP contribution in [0.25, 0.3) is 0 Å². The summed E-state index contributed by atoms with van der Waals surface area (Å²) in [7, 11) is 0. The SMILES string of the molecule is C=CCCC1CCC2CC(C3CCC(c4ccc(C#N)c(F)c4)CC3)CCC2C1. The molecule has 0 spiro atoms. The molecular weight excluding hydrogens is 357 g/mol. The van der Waals surface area contributed by atoms with Crippen molar-refractivity contribution in [2.75, 3.05) is 0 Å². The normalized spacial score (nSPS) is 34.8. The molecule has 0 bridgehead atoms. The monoisotopic (exact) mass is 393 g/mol. The number of hydrogen-bond acceptors (Lipinski definition) is 1. The lowest BCUT2D eigenvalue weighted by Gasteiger charge is -2.45. The van der Waals surface area contributed by atoms with Gasteiger partial charge in [0.15, 0.2) is 0 Å². The molecule has 4 rings (SSSR count). The van der Waals surface area contributed by atoms with E-state index in [2.05, 4.69) is 12.7 Å². The van der Waals surface area contributed by atoms with Crippen molar-refractivity contribution in [3.8, 4) is 6.07 Å². The molecule has 4 atom stereocenters. The van der Waals surface area contributed by atoms with Crippen molar-refractivity contribution in [3.63, 3.8) is 0 Å². The molecule has 0 saturated heterocycles. The predicted molar refractivity (Wildman–Crippen MR) is 117 cm³/mol. The van der Waals surface area contributed by atoms with E-state index < -0.39 is 0 Å². The van der Waals surface area contributed by atoms with Gasteiger partial charge in [0, 0.05) is 0 Å². The van der Waals surface area contributed by atoms with Crippen molar-refractivity contribution in [2.45, 2.75) is 83.0 Å². The van der Waals surface area contributed by atoms with Gasteiger partial charge in [-0.3, -0.25) is 0 Å². The van der Waals surface area contributed by atoms with Crippen LogP contribution in [0.1, 0.15) is 94.1 Å². The third kappa shape index (κ3) is 4.76. The molecule has 3 fully saturated rings. The first-order valence-electron chi connectivity index (χ1n) is 12.0. The van der Waals surface area contributed by atoms with Crippen LogP contribution in [-0.4, -0.2) is 0 Å². The summed E-state index contributed by atoms with van der Waals surface area (Å²) < 4.78 is 14.0. The van der Waals surface area contributed by atoms with Gasteiger partial charge in [-0.15, -0.1) is 6.58 Å². The Bertz CT molecular complexity index is 739. The maximum absolute atomic E-state index is 14.0. The smallest absolute Gasteiger partial charge is 0.141 e. The highest BCUT2D eigenvalue weighted by atomic mass is 19.1. The molecule has 3 saturated carbocycles. The Hall–Kier alpha value is -1.62. The fourth-order valence-electron chi connectivity index (χ4n) is 6.87. The Morgan fingerprint density at radius 2 is 1.59 bits per heavy atom. The lowest BCUT2D eigenvalue weighted by Crippen LogP contribution is -2.34. The van der Waals surface area contributed by atoms with Gasteiger partial charge in [-0.2, -0.15) is 5.26 Å². The van der Waals surface area contributed by atoms with Crippen LogP contribution >= 0.6 is 0 Å². The Balaban J connectivity index is 1.27. The molecule has 1 aromatic carbocycles. The van der Waals surface area contributed by atoms with E-state index in [0.717, 1.165) is 35.2 Å². The van der Waals surface area contributed by atoms with Crippen molar-refractivity contribution in [3.05, 3.63) is 47.8 Å². The minimum absolute atomic E-state index is 0.165. The molecule has 29 heavy (non-hydrogen) atoms. The Kier molecular flexibility index (Phi) is 6.74. The van der Waals surface area contributed by atoms with Gasteiger partial charge in [0.25, 0.3) is 0 Å². The highest BCUT2D eigenvalue weighted by molar-refractivity contribution is 5.34. The lowest BCUT2D eigenvalue weighted by molar-refractivity contribution is 0.0621. The second-order valence-electron chi connectivity index (χ2n) is 10.1. The van der Waals surface area contributed by atoms with Crippen molar-refractivity contribution in [2.24, 2.45) is 29.6 Å². The third-order valence-corrected chi connectivity index (χ3v) is 8.56. The molecule has 0 aliphatic heterocycles. The molecule has 1 nitrogen and oxygen atoms in total. The van der Waals surface area contributed by atoms with Crippen LogP contribution in [-0.2, 0) is 0 Å². The molecule has 3 aliphatic rings. The second-order valence-corrected chi connectivity index (χ2v) is 10.1. The van der Waals surface area contributed by atoms with Crippen LogP contribution in [0.2, 0.25) is 0 Å². The van der Waals surface area contributed by atoms with E-state index in [1.807, 2.05) is 12.1 Å². The topological polar surface area (TPSA) is 23.8 Å². The quantitative estimate of drug-likeness (QED) is 0.469. The molecule has 1 aromatic rings. The number of benzene rings is 1. The fourth-order valence-corrected chi connectivity index (χ4v) is 6.87. The first-order valence-corrected chi connectivity index (χ1v) is 12.0. The molecule has 2 heteroatoms. The van der Waals surface area contributed by atoms with Gasteiger partial charge in [-0.05, 0) is 124 Å². The number of fused-ring (bicyclic) bond motifs is 1. The zero-order valence-electron chi connectivity index (χ0n) is 17.8. The molecule has 0 N–H and O–H groups in total. The number of nitrogens with zero attached hydrogens (tertiary/aromatic N) is 1. The summed E-state index contributed by atoms with van der Waals surface area (Å²) in [6, 6.07) is 7.17. The number of hydrogen-bond donors (Lipinski definition) is 0. The van der Waals surface area contributed by atoms with Gasteiger partial charge in [-0.25, -0.2) is 4.39 Å². The van der Waals surface area contributed by atoms with E-state index in [1.165, 1.54) is 77.0 Å². The largest absolute Gasteiger partial charge is 0.206 e. The van der Waals surface area contributed by atoms with E-state index in [-0.39, 0.29) is 11.4 Å². The summed E-state index contributed by atoms with van der Waals surface area (Å²) in [4.78, 5) is 0. The van der Waals surface area contributed by atoms with Gasteiger partial charge in [0.2, 0.25) is 0 Å². The first-order chi connectivity index (χ1) is 14.2. The van der Waals surface area contributed by atoms with Crippen molar-refractivity contribution >= 4 is 0 Å². The fraction of sp³-hybridized carbons (Fsp3) is 0.667. The van der Waals surface area contributed by atoms with Gasteiger partial charge < -0.3 is 0 Å². The van der Waals surface area contributed by atoms with E-state index in [9.17, 15) is 4.39 Å². The molecule has 0 heterocycles. The number of rotatable bonds is 5. The zero-order valence-corrected chi connectivity index (χ0v) is 17.8. The van der Waals surface area contributed by atoms with Crippen molar-refractivity contribution in [1.82, 2.24) is 0 Å². The van der Waals surface area contributed by atoms with Crippen molar-refractivity contribution < 1.29 is 4.39 Å². The van der Waals surface area contributed by atoms with Gasteiger partial charge in [0.05, 0.1) is 5.56 Å². The average Bonchev–Trinajstić information content (AvgIpc) is 2.77. The van der Waals surface area contributed by atoms with Gasteiger partial charge >= 0.3 is 0 Å². The van der Waals surface area contributed by atoms with Crippen LogP contribution in [0.5, 0.6) is 0 Å². The molecule has 3 aliphatic carbocycles. The zero-order chi connectivity index (χ0) is 20.2. The standard InChI is InChI=1S/C27H36FN/c1-2-3-4-19-5-6-24-16-23(12-11-22(24)15-19)20-7-9-21(10-8-20)25-13-14-26(18-29)27(28)17-25/h2,13-14,17,19-24H,1,3-12,15-16H2. The Morgan fingerprint density at radius 3 is 2.28 bits per heavy atom. The minimum Gasteiger partial charge on any atom is -0.206 e. The number of halogens is 1. The maximum atomic E-state index is 14.0. The Morgan fingerprint density at radius 1 is 0.931 bits per heavy atom.